The van der Waals surface area contributed by atoms with Gasteiger partial charge in [0.15, 0.2) is 0 Å². The average Bonchev–Trinajstić information content (AvgIpc) is 2.16. The van der Waals surface area contributed by atoms with E-state index in [4.69, 9.17) is 16.4 Å². The Hall–Kier alpha value is -1.02. The molecule has 1 aromatic carbocycles. The van der Waals surface area contributed by atoms with Crippen LogP contribution in [0.4, 0.5) is 0 Å². The Labute approximate surface area is 90.5 Å². The molecule has 0 aliphatic carbocycles. The Bertz CT molecular complexity index is 263. The van der Waals surface area contributed by atoms with E-state index < -0.39 is 0 Å². The Balaban J connectivity index is 0.000000500. The zero-order valence-electron chi connectivity index (χ0n) is 8.66. The summed E-state index contributed by atoms with van der Waals surface area (Å²) in [5.41, 5.74) is 0.991. The van der Waals surface area contributed by atoms with Crippen molar-refractivity contribution in [2.75, 3.05) is 0 Å². The predicted molar refractivity (Wildman–Crippen MR) is 61.8 cm³/mol. The third-order valence-electron chi connectivity index (χ3n) is 1.21. The van der Waals surface area contributed by atoms with Crippen molar-refractivity contribution in [3.05, 3.63) is 34.9 Å². The summed E-state index contributed by atoms with van der Waals surface area (Å²) in [6.45, 7) is 7.86. The number of benzene rings is 1. The van der Waals surface area contributed by atoms with Crippen LogP contribution >= 0.6 is 11.6 Å². The summed E-state index contributed by atoms with van der Waals surface area (Å²) < 4.78 is 0. The second-order valence-corrected chi connectivity index (χ2v) is 3.18. The zero-order chi connectivity index (χ0) is 10.8. The van der Waals surface area contributed by atoms with Crippen LogP contribution < -0.4 is 0 Å². The van der Waals surface area contributed by atoms with Gasteiger partial charge >= 0.3 is 0 Å². The monoisotopic (exact) mass is 213 g/mol. The van der Waals surface area contributed by atoms with E-state index in [0.717, 1.165) is 5.56 Å². The van der Waals surface area contributed by atoms with Gasteiger partial charge in [0.1, 0.15) is 6.61 Å². The maximum Gasteiger partial charge on any atom is 0.142 e. The summed E-state index contributed by atoms with van der Waals surface area (Å²) in [6, 6.07) is 7.42. The minimum Gasteiger partial charge on any atom is -0.391 e. The molecular weight excluding hydrogens is 198 g/mol. The summed E-state index contributed by atoms with van der Waals surface area (Å²) in [5.74, 6) is 0. The molecule has 78 valence electrons. The smallest absolute Gasteiger partial charge is 0.142 e. The fourth-order valence-electron chi connectivity index (χ4n) is 0.747. The second-order valence-electron chi connectivity index (χ2n) is 2.74. The van der Waals surface area contributed by atoms with Crippen LogP contribution in [0.15, 0.2) is 29.4 Å². The van der Waals surface area contributed by atoms with Gasteiger partial charge in [0.25, 0.3) is 0 Å². The molecule has 0 aliphatic rings. The van der Waals surface area contributed by atoms with Crippen LogP contribution in [0.1, 0.15) is 25.8 Å². The molecule has 0 heterocycles. The molecule has 0 spiro atoms. The van der Waals surface area contributed by atoms with E-state index in [0.29, 0.717) is 11.6 Å². The van der Waals surface area contributed by atoms with Crippen molar-refractivity contribution in [1.82, 2.24) is 0 Å². The molecule has 0 radical (unpaired) electrons. The first-order valence-corrected chi connectivity index (χ1v) is 4.94. The lowest BCUT2D eigenvalue weighted by molar-refractivity contribution is 0.133. The summed E-state index contributed by atoms with van der Waals surface area (Å²) in [5, 5.41) is 3.97. The highest BCUT2D eigenvalue weighted by atomic mass is 35.5. The Morgan fingerprint density at radius 2 is 2.07 bits per heavy atom. The van der Waals surface area contributed by atoms with Crippen LogP contribution in [0, 0.1) is 0 Å². The van der Waals surface area contributed by atoms with Crippen LogP contribution in [0.5, 0.6) is 0 Å². The topological polar surface area (TPSA) is 21.6 Å². The van der Waals surface area contributed by atoms with E-state index in [1.165, 1.54) is 6.42 Å². The SMILES string of the molecule is C=NOCc1cccc(Cl)c1.CCC. The Kier molecular flexibility index (Phi) is 7.95. The predicted octanol–water partition coefficient (Wildman–Crippen LogP) is 3.89. The van der Waals surface area contributed by atoms with Crippen LogP contribution in [-0.2, 0) is 11.4 Å². The zero-order valence-corrected chi connectivity index (χ0v) is 9.42. The van der Waals surface area contributed by atoms with Gasteiger partial charge in [-0.05, 0) is 17.7 Å². The average molecular weight is 214 g/mol. The van der Waals surface area contributed by atoms with E-state index in [2.05, 4.69) is 25.7 Å². The van der Waals surface area contributed by atoms with E-state index in [1.807, 2.05) is 24.3 Å². The molecule has 3 heteroatoms. The summed E-state index contributed by atoms with van der Waals surface area (Å²) in [7, 11) is 0. The minimum atomic E-state index is 0.421. The van der Waals surface area contributed by atoms with Gasteiger partial charge in [-0.2, -0.15) is 0 Å². The van der Waals surface area contributed by atoms with Crippen molar-refractivity contribution in [3.63, 3.8) is 0 Å². The van der Waals surface area contributed by atoms with Crippen molar-refractivity contribution in [2.45, 2.75) is 26.9 Å². The molecule has 0 atom stereocenters. The second kappa shape index (κ2) is 8.57. The highest BCUT2D eigenvalue weighted by Crippen LogP contribution is 2.11. The quantitative estimate of drug-likeness (QED) is 0.552. The summed E-state index contributed by atoms with van der Waals surface area (Å²) in [4.78, 5) is 4.73. The van der Waals surface area contributed by atoms with E-state index in [9.17, 15) is 0 Å². The van der Waals surface area contributed by atoms with E-state index >= 15 is 0 Å². The molecule has 0 saturated heterocycles. The van der Waals surface area contributed by atoms with Crippen molar-refractivity contribution >= 4 is 18.3 Å². The fourth-order valence-corrected chi connectivity index (χ4v) is 0.960. The lowest BCUT2D eigenvalue weighted by Gasteiger charge is -1.98. The molecule has 14 heavy (non-hydrogen) atoms. The molecule has 0 aliphatic heterocycles. The first-order chi connectivity index (χ1) is 6.74. The molecule has 0 amide bonds. The molecule has 0 bridgehead atoms. The molecule has 0 aromatic heterocycles. The number of hydrogen-bond acceptors (Lipinski definition) is 2. The fraction of sp³-hybridized carbons (Fsp3) is 0.364. The van der Waals surface area contributed by atoms with Gasteiger partial charge in [-0.25, -0.2) is 0 Å². The van der Waals surface area contributed by atoms with Crippen LogP contribution in [-0.4, -0.2) is 6.72 Å². The molecule has 0 saturated carbocycles. The van der Waals surface area contributed by atoms with Gasteiger partial charge in [-0.1, -0.05) is 44.0 Å². The van der Waals surface area contributed by atoms with Gasteiger partial charge in [-0.3, -0.25) is 0 Å². The molecule has 1 aromatic rings. The number of hydrogen-bond donors (Lipinski definition) is 0. The van der Waals surface area contributed by atoms with Crippen LogP contribution in [0.25, 0.3) is 0 Å². The minimum absolute atomic E-state index is 0.421. The lowest BCUT2D eigenvalue weighted by Crippen LogP contribution is -1.84. The van der Waals surface area contributed by atoms with Gasteiger partial charge < -0.3 is 4.84 Å². The number of oxime groups is 1. The Morgan fingerprint density at radius 3 is 2.57 bits per heavy atom. The molecular formula is C11H16ClNO. The summed E-state index contributed by atoms with van der Waals surface area (Å²) >= 11 is 5.72. The molecule has 0 N–H and O–H groups in total. The normalized spacial score (nSPS) is 8.50. The van der Waals surface area contributed by atoms with Gasteiger partial charge in [0.2, 0.25) is 0 Å². The maximum atomic E-state index is 5.72. The van der Waals surface area contributed by atoms with Crippen molar-refractivity contribution in [2.24, 2.45) is 5.16 Å². The first kappa shape index (κ1) is 13.0. The molecule has 0 unspecified atom stereocenters. The van der Waals surface area contributed by atoms with Gasteiger partial charge in [0.05, 0.1) is 0 Å². The molecule has 1 rings (SSSR count). The standard InChI is InChI=1S/C8H8ClNO.C3H8/c1-10-11-6-7-3-2-4-8(9)5-7;1-3-2/h2-5H,1,6H2;3H2,1-2H3. The lowest BCUT2D eigenvalue weighted by atomic mass is 10.2. The van der Waals surface area contributed by atoms with Gasteiger partial charge in [-0.15, -0.1) is 5.16 Å². The van der Waals surface area contributed by atoms with Gasteiger partial charge in [0, 0.05) is 11.7 Å². The van der Waals surface area contributed by atoms with Crippen molar-refractivity contribution in [1.29, 1.82) is 0 Å². The molecule has 2 nitrogen and oxygen atoms in total. The number of halogens is 1. The van der Waals surface area contributed by atoms with E-state index in [-0.39, 0.29) is 0 Å². The Morgan fingerprint density at radius 1 is 1.43 bits per heavy atom. The van der Waals surface area contributed by atoms with Crippen LogP contribution in [0.3, 0.4) is 0 Å². The van der Waals surface area contributed by atoms with Crippen molar-refractivity contribution < 1.29 is 4.84 Å². The van der Waals surface area contributed by atoms with Crippen molar-refractivity contribution in [3.8, 4) is 0 Å². The number of nitrogens with zero attached hydrogens (tertiary/aromatic N) is 1. The molecule has 0 fully saturated rings. The third kappa shape index (κ3) is 6.49. The highest BCUT2D eigenvalue weighted by molar-refractivity contribution is 6.30. The summed E-state index contributed by atoms with van der Waals surface area (Å²) in [6.07, 6.45) is 1.25. The largest absolute Gasteiger partial charge is 0.391 e. The number of rotatable bonds is 3. The van der Waals surface area contributed by atoms with E-state index in [1.54, 1.807) is 0 Å². The first-order valence-electron chi connectivity index (χ1n) is 4.57. The third-order valence-corrected chi connectivity index (χ3v) is 1.45. The van der Waals surface area contributed by atoms with Crippen LogP contribution in [0.2, 0.25) is 5.02 Å². The highest BCUT2D eigenvalue weighted by Gasteiger charge is 1.92. The maximum absolute atomic E-state index is 5.72.